The maximum Gasteiger partial charge on any atom is 0.0628 e. The van der Waals surface area contributed by atoms with E-state index in [0.29, 0.717) is 5.92 Å². The molecule has 0 amide bonds. The van der Waals surface area contributed by atoms with Crippen LogP contribution in [0.3, 0.4) is 0 Å². The minimum absolute atomic E-state index is 0.717. The predicted molar refractivity (Wildman–Crippen MR) is 82.6 cm³/mol. The normalized spacial score (nSPS) is 12.9. The number of rotatable bonds is 9. The molecule has 1 aromatic heterocycles. The molecular formula is C16H31N3. The summed E-state index contributed by atoms with van der Waals surface area (Å²) in [5.74, 6) is 0.717. The number of hydrogen-bond donors (Lipinski definition) is 1. The predicted octanol–water partition coefficient (Wildman–Crippen LogP) is 3.48. The topological polar surface area (TPSA) is 29.9 Å². The van der Waals surface area contributed by atoms with Crippen molar-refractivity contribution in [3.05, 3.63) is 17.0 Å². The average molecular weight is 265 g/mol. The number of hydrogen-bond acceptors (Lipinski definition) is 2. The van der Waals surface area contributed by atoms with Crippen molar-refractivity contribution in [1.82, 2.24) is 15.1 Å². The Hall–Kier alpha value is -0.830. The largest absolute Gasteiger partial charge is 0.316 e. The molecular weight excluding hydrogens is 234 g/mol. The molecule has 0 radical (unpaired) electrons. The molecule has 1 heterocycles. The summed E-state index contributed by atoms with van der Waals surface area (Å²) in [5, 5.41) is 8.19. The number of aromatic nitrogens is 2. The van der Waals surface area contributed by atoms with Gasteiger partial charge in [-0.2, -0.15) is 5.10 Å². The van der Waals surface area contributed by atoms with E-state index in [2.05, 4.69) is 44.6 Å². The van der Waals surface area contributed by atoms with Gasteiger partial charge in [0.15, 0.2) is 0 Å². The average Bonchev–Trinajstić information content (AvgIpc) is 2.61. The summed E-state index contributed by atoms with van der Waals surface area (Å²) in [6.45, 7) is 14.4. The van der Waals surface area contributed by atoms with Crippen LogP contribution in [0.25, 0.3) is 0 Å². The number of nitrogens with zero attached hydrogens (tertiary/aromatic N) is 2. The fraction of sp³-hybridized carbons (Fsp3) is 0.812. The van der Waals surface area contributed by atoms with E-state index in [0.717, 1.165) is 26.1 Å². The lowest BCUT2D eigenvalue weighted by Gasteiger charge is -2.12. The first kappa shape index (κ1) is 16.2. The van der Waals surface area contributed by atoms with Crippen LogP contribution in [0, 0.1) is 19.8 Å². The molecule has 1 unspecified atom stereocenters. The SMILES string of the molecule is CCCNCCc1c(C)nn(CC(C)CCC)c1C. The Morgan fingerprint density at radius 1 is 1.16 bits per heavy atom. The van der Waals surface area contributed by atoms with E-state index in [1.807, 2.05) is 0 Å². The lowest BCUT2D eigenvalue weighted by molar-refractivity contribution is 0.413. The van der Waals surface area contributed by atoms with Crippen molar-refractivity contribution in [2.24, 2.45) is 5.92 Å². The summed E-state index contributed by atoms with van der Waals surface area (Å²) in [5.41, 5.74) is 4.01. The molecule has 0 saturated carbocycles. The fourth-order valence-corrected chi connectivity index (χ4v) is 2.67. The second kappa shape index (κ2) is 8.36. The molecule has 0 aliphatic rings. The molecule has 0 fully saturated rings. The second-order valence-corrected chi connectivity index (χ2v) is 5.73. The number of nitrogens with one attached hydrogen (secondary N) is 1. The van der Waals surface area contributed by atoms with Crippen molar-refractivity contribution in [2.45, 2.75) is 66.8 Å². The summed E-state index contributed by atoms with van der Waals surface area (Å²) in [6.07, 6.45) is 4.84. The van der Waals surface area contributed by atoms with Crippen LogP contribution < -0.4 is 5.32 Å². The molecule has 19 heavy (non-hydrogen) atoms. The first-order chi connectivity index (χ1) is 9.10. The van der Waals surface area contributed by atoms with Crippen LogP contribution in [0.1, 0.15) is 57.0 Å². The molecule has 1 N–H and O–H groups in total. The Labute approximate surface area is 118 Å². The van der Waals surface area contributed by atoms with E-state index < -0.39 is 0 Å². The summed E-state index contributed by atoms with van der Waals surface area (Å²) in [4.78, 5) is 0. The quantitative estimate of drug-likeness (QED) is 0.693. The second-order valence-electron chi connectivity index (χ2n) is 5.73. The molecule has 0 saturated heterocycles. The third kappa shape index (κ3) is 4.98. The van der Waals surface area contributed by atoms with Crippen LogP contribution in [0.5, 0.6) is 0 Å². The molecule has 1 atom stereocenters. The van der Waals surface area contributed by atoms with E-state index in [-0.39, 0.29) is 0 Å². The summed E-state index contributed by atoms with van der Waals surface area (Å²) < 4.78 is 2.21. The Balaban J connectivity index is 2.60. The molecule has 0 aliphatic heterocycles. The van der Waals surface area contributed by atoms with Gasteiger partial charge in [-0.1, -0.05) is 27.2 Å². The van der Waals surface area contributed by atoms with Gasteiger partial charge in [0.05, 0.1) is 5.69 Å². The van der Waals surface area contributed by atoms with Crippen molar-refractivity contribution in [2.75, 3.05) is 13.1 Å². The van der Waals surface area contributed by atoms with Crippen molar-refractivity contribution < 1.29 is 0 Å². The van der Waals surface area contributed by atoms with Crippen molar-refractivity contribution >= 4 is 0 Å². The summed E-state index contributed by atoms with van der Waals surface area (Å²) in [7, 11) is 0. The Bertz CT molecular complexity index is 368. The van der Waals surface area contributed by atoms with Gasteiger partial charge < -0.3 is 5.32 Å². The highest BCUT2D eigenvalue weighted by molar-refractivity contribution is 5.24. The minimum atomic E-state index is 0.717. The van der Waals surface area contributed by atoms with E-state index >= 15 is 0 Å². The van der Waals surface area contributed by atoms with Gasteiger partial charge in [0.2, 0.25) is 0 Å². The lowest BCUT2D eigenvalue weighted by atomic mass is 10.1. The van der Waals surface area contributed by atoms with Crippen LogP contribution >= 0.6 is 0 Å². The van der Waals surface area contributed by atoms with Crippen LogP contribution in [0.2, 0.25) is 0 Å². The molecule has 3 nitrogen and oxygen atoms in total. The third-order valence-electron chi connectivity index (χ3n) is 3.78. The zero-order valence-electron chi connectivity index (χ0n) is 13.4. The monoisotopic (exact) mass is 265 g/mol. The Kier molecular flexibility index (Phi) is 7.14. The molecule has 0 bridgehead atoms. The molecule has 0 aliphatic carbocycles. The van der Waals surface area contributed by atoms with E-state index in [1.54, 1.807) is 0 Å². The molecule has 1 rings (SSSR count). The zero-order valence-corrected chi connectivity index (χ0v) is 13.4. The minimum Gasteiger partial charge on any atom is -0.316 e. The van der Waals surface area contributed by atoms with Crippen molar-refractivity contribution in [3.8, 4) is 0 Å². The highest BCUT2D eigenvalue weighted by atomic mass is 15.3. The van der Waals surface area contributed by atoms with Crippen LogP contribution in [-0.2, 0) is 13.0 Å². The first-order valence-electron chi connectivity index (χ1n) is 7.83. The Morgan fingerprint density at radius 2 is 1.89 bits per heavy atom. The maximum atomic E-state index is 4.72. The van der Waals surface area contributed by atoms with Crippen LogP contribution in [-0.4, -0.2) is 22.9 Å². The standard InChI is InChI=1S/C16H31N3/c1-6-8-13(3)12-19-15(5)16(14(4)18-19)9-11-17-10-7-2/h13,17H,6-12H2,1-5H3. The highest BCUT2D eigenvalue weighted by Crippen LogP contribution is 2.16. The van der Waals surface area contributed by atoms with Crippen LogP contribution in [0.15, 0.2) is 0 Å². The van der Waals surface area contributed by atoms with Crippen molar-refractivity contribution in [3.63, 3.8) is 0 Å². The van der Waals surface area contributed by atoms with Gasteiger partial charge in [-0.15, -0.1) is 0 Å². The van der Waals surface area contributed by atoms with Crippen LogP contribution in [0.4, 0.5) is 0 Å². The highest BCUT2D eigenvalue weighted by Gasteiger charge is 2.12. The molecule has 3 heteroatoms. The van der Waals surface area contributed by atoms with Gasteiger partial charge in [-0.3, -0.25) is 4.68 Å². The third-order valence-corrected chi connectivity index (χ3v) is 3.78. The van der Waals surface area contributed by atoms with Gasteiger partial charge in [0.1, 0.15) is 0 Å². The zero-order chi connectivity index (χ0) is 14.3. The molecule has 0 spiro atoms. The molecule has 110 valence electrons. The Morgan fingerprint density at radius 3 is 2.53 bits per heavy atom. The van der Waals surface area contributed by atoms with E-state index in [9.17, 15) is 0 Å². The first-order valence-corrected chi connectivity index (χ1v) is 7.83. The van der Waals surface area contributed by atoms with E-state index in [1.165, 1.54) is 36.2 Å². The molecule has 0 aromatic carbocycles. The smallest absolute Gasteiger partial charge is 0.0628 e. The maximum absolute atomic E-state index is 4.72. The van der Waals surface area contributed by atoms with Gasteiger partial charge >= 0.3 is 0 Å². The van der Waals surface area contributed by atoms with E-state index in [4.69, 9.17) is 5.10 Å². The number of aryl methyl sites for hydroxylation is 1. The fourth-order valence-electron chi connectivity index (χ4n) is 2.67. The van der Waals surface area contributed by atoms with Gasteiger partial charge in [0.25, 0.3) is 0 Å². The van der Waals surface area contributed by atoms with Gasteiger partial charge in [-0.25, -0.2) is 0 Å². The summed E-state index contributed by atoms with van der Waals surface area (Å²) >= 11 is 0. The van der Waals surface area contributed by atoms with Gasteiger partial charge in [0, 0.05) is 12.2 Å². The van der Waals surface area contributed by atoms with Gasteiger partial charge in [-0.05, 0) is 57.7 Å². The molecule has 1 aromatic rings. The van der Waals surface area contributed by atoms with Crippen molar-refractivity contribution in [1.29, 1.82) is 0 Å². The summed E-state index contributed by atoms with van der Waals surface area (Å²) in [6, 6.07) is 0. The lowest BCUT2D eigenvalue weighted by Crippen LogP contribution is -2.18.